The zero-order valence-electron chi connectivity index (χ0n) is 45.1. The Kier molecular flexibility index (Phi) is 20.7. The van der Waals surface area contributed by atoms with E-state index in [0.717, 1.165) is 17.1 Å². The lowest BCUT2D eigenvalue weighted by Gasteiger charge is -2.30. The molecule has 28 heteroatoms. The number of hydrogen-bond acceptors (Lipinski definition) is 22. The molecule has 0 amide bonds. The summed E-state index contributed by atoms with van der Waals surface area (Å²) in [6, 6.07) is 6.32. The van der Waals surface area contributed by atoms with Crippen LogP contribution in [0.3, 0.4) is 0 Å². The Morgan fingerprint density at radius 1 is 0.429 bits per heavy atom. The number of aryl methyl sites for hydroxylation is 3. The second-order valence-corrected chi connectivity index (χ2v) is 20.2. The Balaban J connectivity index is 0.863. The van der Waals surface area contributed by atoms with Gasteiger partial charge >= 0.3 is 11.9 Å². The van der Waals surface area contributed by atoms with Gasteiger partial charge in [0.2, 0.25) is 0 Å². The van der Waals surface area contributed by atoms with E-state index in [4.69, 9.17) is 37.9 Å². The van der Waals surface area contributed by atoms with Gasteiger partial charge in [-0.3, -0.25) is 28.1 Å². The molecule has 0 aliphatic carbocycles. The van der Waals surface area contributed by atoms with Crippen LogP contribution >= 0.6 is 0 Å². The van der Waals surface area contributed by atoms with Crippen molar-refractivity contribution in [3.63, 3.8) is 0 Å². The zero-order chi connectivity index (χ0) is 54.7. The average Bonchev–Trinajstić information content (AvgIpc) is 4.31. The monoisotopic (exact) mass is 1070 g/mol. The molecule has 7 rings (SSSR count). The van der Waals surface area contributed by atoms with E-state index < -0.39 is 22.8 Å². The van der Waals surface area contributed by atoms with Gasteiger partial charge in [-0.2, -0.15) is 0 Å². The van der Waals surface area contributed by atoms with Crippen LogP contribution in [-0.4, -0.2) is 176 Å². The third kappa shape index (κ3) is 18.2. The normalized spacial score (nSPS) is 13.5. The Morgan fingerprint density at radius 3 is 1.10 bits per heavy atom. The number of methoxy groups -OCH3 is 2. The zero-order valence-corrected chi connectivity index (χ0v) is 45.1. The van der Waals surface area contributed by atoms with Gasteiger partial charge in [0, 0.05) is 41.9 Å². The Bertz CT molecular complexity index is 2870. The first-order valence-corrected chi connectivity index (χ1v) is 25.1. The molecule has 0 spiro atoms. The molecule has 0 bridgehead atoms. The van der Waals surface area contributed by atoms with Crippen LogP contribution in [0.25, 0.3) is 0 Å². The van der Waals surface area contributed by atoms with Crippen molar-refractivity contribution in [3.05, 3.63) is 107 Å². The number of aromatic nitrogens is 18. The molecule has 0 saturated heterocycles. The maximum absolute atomic E-state index is 13.4. The molecule has 0 radical (unpaired) electrons. The Hall–Kier alpha value is -7.24. The lowest BCUT2D eigenvalue weighted by atomic mass is 9.91. The van der Waals surface area contributed by atoms with Crippen molar-refractivity contribution in [2.75, 3.05) is 73.7 Å². The fourth-order valence-electron chi connectivity index (χ4n) is 8.45. The van der Waals surface area contributed by atoms with Crippen molar-refractivity contribution < 1.29 is 47.5 Å². The minimum Gasteiger partial charge on any atom is -0.465 e. The standard InChI is InChI=1S/C49H70N18O10/c1-37-19-62(56-50-37)28-47(4,29-63-20-38(2)51-57-63)34-75-17-18-76-35-48(5,30-64-21-39(3)52-58-64)31-65-22-41(54-59-65)26-73-15-16-74-27-42-24-67(61-55-42)33-49(6,32-66-23-40(53-60-66)25-72-14-13-70-7)36-77-46(69)44-12-10-9-11-43(44)45(68)71-8/h9-12,19-24H,13-18,25-36H2,1-8H3. The summed E-state index contributed by atoms with van der Waals surface area (Å²) in [6.45, 7) is 18.2. The number of nitrogens with zero attached hydrogens (tertiary/aromatic N) is 18. The maximum Gasteiger partial charge on any atom is 0.339 e. The average molecular weight is 1070 g/mol. The van der Waals surface area contributed by atoms with Gasteiger partial charge in [0.1, 0.15) is 23.7 Å². The first-order valence-electron chi connectivity index (χ1n) is 25.1. The van der Waals surface area contributed by atoms with E-state index >= 15 is 0 Å². The quantitative estimate of drug-likeness (QED) is 0.0407. The maximum atomic E-state index is 13.4. The topological polar surface area (TPSA) is 292 Å². The fraction of sp³-hybridized carbons (Fsp3) is 0.592. The van der Waals surface area contributed by atoms with Gasteiger partial charge in [0.15, 0.2) is 0 Å². The van der Waals surface area contributed by atoms with E-state index in [1.165, 1.54) is 19.2 Å². The van der Waals surface area contributed by atoms with E-state index in [-0.39, 0.29) is 62.7 Å². The van der Waals surface area contributed by atoms with E-state index in [0.29, 0.717) is 89.5 Å². The van der Waals surface area contributed by atoms with E-state index in [2.05, 4.69) is 75.7 Å². The van der Waals surface area contributed by atoms with Crippen LogP contribution in [0.15, 0.2) is 61.4 Å². The minimum atomic E-state index is -0.777. The van der Waals surface area contributed by atoms with Crippen molar-refractivity contribution in [1.82, 2.24) is 90.0 Å². The molecule has 0 aliphatic heterocycles. The molecular weight excluding hydrogens is 1000 g/mol. The van der Waals surface area contributed by atoms with Gasteiger partial charge < -0.3 is 37.9 Å². The van der Waals surface area contributed by atoms with Gasteiger partial charge in [-0.05, 0) is 32.9 Å². The molecule has 0 fully saturated rings. The number of benzene rings is 1. The van der Waals surface area contributed by atoms with Gasteiger partial charge in [-0.25, -0.2) is 9.59 Å². The van der Waals surface area contributed by atoms with Crippen molar-refractivity contribution in [2.24, 2.45) is 16.2 Å². The highest BCUT2D eigenvalue weighted by atomic mass is 16.5. The summed E-state index contributed by atoms with van der Waals surface area (Å²) in [5.41, 5.74) is 2.99. The molecule has 2 unspecified atom stereocenters. The van der Waals surface area contributed by atoms with Crippen LogP contribution in [-0.2, 0) is 97.0 Å². The molecule has 416 valence electrons. The first-order chi connectivity index (χ1) is 37.1. The third-order valence-electron chi connectivity index (χ3n) is 11.9. The van der Waals surface area contributed by atoms with Crippen LogP contribution in [0.4, 0.5) is 0 Å². The van der Waals surface area contributed by atoms with Crippen molar-refractivity contribution >= 4 is 11.9 Å². The number of rotatable bonds is 35. The number of hydrogen-bond donors (Lipinski definition) is 0. The first kappa shape index (κ1) is 57.5. The second kappa shape index (κ2) is 27.7. The third-order valence-corrected chi connectivity index (χ3v) is 11.9. The summed E-state index contributed by atoms with van der Waals surface area (Å²) in [5.74, 6) is -1.33. The Morgan fingerprint density at radius 2 is 0.753 bits per heavy atom. The molecular formula is C49H70N18O10. The summed E-state index contributed by atoms with van der Waals surface area (Å²) in [4.78, 5) is 25.8. The van der Waals surface area contributed by atoms with E-state index in [1.54, 1.807) is 45.7 Å². The van der Waals surface area contributed by atoms with E-state index in [9.17, 15) is 9.59 Å². The lowest BCUT2D eigenvalue weighted by Crippen LogP contribution is -2.36. The van der Waals surface area contributed by atoms with Gasteiger partial charge in [0.25, 0.3) is 0 Å². The SMILES string of the molecule is COCCOCc1cn(CC(C)(COC(=O)c2ccccc2C(=O)OC)Cn2cc(COCCOCc3cn(CC(C)(COCCOCC(C)(Cn4cc(C)nn4)Cn4cc(C)nn4)Cn4cc(C)nn4)nn3)nn2)nn1. The van der Waals surface area contributed by atoms with Crippen LogP contribution in [0.1, 0.15) is 75.7 Å². The predicted octanol–water partition coefficient (Wildman–Crippen LogP) is 2.55. The molecule has 2 atom stereocenters. The molecule has 77 heavy (non-hydrogen) atoms. The van der Waals surface area contributed by atoms with Crippen LogP contribution < -0.4 is 0 Å². The van der Waals surface area contributed by atoms with Gasteiger partial charge in [-0.15, -0.1) is 30.6 Å². The molecule has 0 saturated carbocycles. The highest BCUT2D eigenvalue weighted by molar-refractivity contribution is 6.03. The Labute approximate surface area is 445 Å². The van der Waals surface area contributed by atoms with Crippen molar-refractivity contribution in [1.29, 1.82) is 0 Å². The highest BCUT2D eigenvalue weighted by Crippen LogP contribution is 2.26. The number of carbonyl (C=O) groups excluding carboxylic acids is 2. The summed E-state index contributed by atoms with van der Waals surface area (Å²) in [5, 5.41) is 51.2. The van der Waals surface area contributed by atoms with Gasteiger partial charge in [0.05, 0.1) is 166 Å². The molecule has 28 nitrogen and oxygen atoms in total. The summed E-state index contributed by atoms with van der Waals surface area (Å²) in [7, 11) is 2.85. The molecule has 1 aromatic carbocycles. The van der Waals surface area contributed by atoms with Crippen LogP contribution in [0.2, 0.25) is 0 Å². The highest BCUT2D eigenvalue weighted by Gasteiger charge is 2.32. The van der Waals surface area contributed by atoms with E-state index in [1.807, 2.05) is 66.5 Å². The molecule has 6 aromatic heterocycles. The lowest BCUT2D eigenvalue weighted by molar-refractivity contribution is -0.0281. The molecule has 6 heterocycles. The second-order valence-electron chi connectivity index (χ2n) is 20.2. The molecule has 7 aromatic rings. The largest absolute Gasteiger partial charge is 0.465 e. The molecule has 0 aliphatic rings. The van der Waals surface area contributed by atoms with Crippen LogP contribution in [0, 0.1) is 37.0 Å². The summed E-state index contributed by atoms with van der Waals surface area (Å²) < 4.78 is 56.2. The van der Waals surface area contributed by atoms with Gasteiger partial charge in [-0.1, -0.05) is 64.2 Å². The number of esters is 2. The van der Waals surface area contributed by atoms with Crippen LogP contribution in [0.5, 0.6) is 0 Å². The fourth-order valence-corrected chi connectivity index (χ4v) is 8.45. The van der Waals surface area contributed by atoms with Crippen molar-refractivity contribution in [3.8, 4) is 0 Å². The summed E-state index contributed by atoms with van der Waals surface area (Å²) in [6.07, 6.45) is 11.1. The smallest absolute Gasteiger partial charge is 0.339 e. The number of carbonyl (C=O) groups is 2. The minimum absolute atomic E-state index is 0.0644. The van der Waals surface area contributed by atoms with Crippen molar-refractivity contribution in [2.45, 2.75) is 101 Å². The number of ether oxygens (including phenoxy) is 8. The molecule has 0 N–H and O–H groups in total. The predicted molar refractivity (Wildman–Crippen MR) is 269 cm³/mol. The summed E-state index contributed by atoms with van der Waals surface area (Å²) >= 11 is 0.